The van der Waals surface area contributed by atoms with Crippen LogP contribution in [0.3, 0.4) is 0 Å². The first-order valence-electron chi connectivity index (χ1n) is 5.49. The van der Waals surface area contributed by atoms with Gasteiger partial charge >= 0.3 is 0 Å². The number of hydrogen-bond donors (Lipinski definition) is 1. The van der Waals surface area contributed by atoms with Gasteiger partial charge in [0.05, 0.1) is 0 Å². The Morgan fingerprint density at radius 2 is 2.28 bits per heavy atom. The molecule has 1 amide bonds. The average Bonchev–Trinajstić information content (AvgIpc) is 2.87. The number of rotatable bonds is 3. The SMILES string of the molecule is Cc1c(Br)cccc1NC(=O)C(C)n1cncn1. The Labute approximate surface area is 113 Å². The van der Waals surface area contributed by atoms with Crippen LogP contribution in [-0.4, -0.2) is 20.7 Å². The van der Waals surface area contributed by atoms with Crippen LogP contribution in [-0.2, 0) is 4.79 Å². The third-order valence-electron chi connectivity index (χ3n) is 2.74. The van der Waals surface area contributed by atoms with E-state index in [9.17, 15) is 4.79 Å². The Hall–Kier alpha value is -1.69. The number of hydrogen-bond acceptors (Lipinski definition) is 3. The van der Waals surface area contributed by atoms with Crippen molar-refractivity contribution >= 4 is 27.5 Å². The summed E-state index contributed by atoms with van der Waals surface area (Å²) >= 11 is 3.43. The number of carbonyl (C=O) groups is 1. The lowest BCUT2D eigenvalue weighted by Crippen LogP contribution is -2.24. The molecule has 0 aliphatic carbocycles. The fourth-order valence-electron chi connectivity index (χ4n) is 1.52. The first kappa shape index (κ1) is 12.8. The molecule has 1 aromatic carbocycles. The smallest absolute Gasteiger partial charge is 0.249 e. The van der Waals surface area contributed by atoms with E-state index in [0.717, 1.165) is 15.7 Å². The molecule has 0 saturated heterocycles. The summed E-state index contributed by atoms with van der Waals surface area (Å²) in [5, 5.41) is 6.84. The molecule has 0 radical (unpaired) electrons. The molecule has 0 spiro atoms. The standard InChI is InChI=1S/C12H13BrN4O/c1-8-10(13)4-3-5-11(8)16-12(18)9(2)17-7-14-6-15-17/h3-7,9H,1-2H3,(H,16,18). The highest BCUT2D eigenvalue weighted by Crippen LogP contribution is 2.24. The van der Waals surface area contributed by atoms with E-state index in [-0.39, 0.29) is 5.91 Å². The van der Waals surface area contributed by atoms with E-state index in [2.05, 4.69) is 31.3 Å². The van der Waals surface area contributed by atoms with Crippen molar-refractivity contribution in [3.63, 3.8) is 0 Å². The van der Waals surface area contributed by atoms with Gasteiger partial charge in [-0.05, 0) is 31.5 Å². The minimum Gasteiger partial charge on any atom is -0.324 e. The van der Waals surface area contributed by atoms with Gasteiger partial charge < -0.3 is 5.32 Å². The maximum absolute atomic E-state index is 12.1. The predicted molar refractivity (Wildman–Crippen MR) is 72.2 cm³/mol. The van der Waals surface area contributed by atoms with Gasteiger partial charge in [0.1, 0.15) is 18.7 Å². The van der Waals surface area contributed by atoms with E-state index in [1.807, 2.05) is 25.1 Å². The minimum absolute atomic E-state index is 0.123. The Kier molecular flexibility index (Phi) is 3.76. The van der Waals surface area contributed by atoms with E-state index in [1.165, 1.54) is 17.3 Å². The van der Waals surface area contributed by atoms with Crippen LogP contribution in [0.2, 0.25) is 0 Å². The number of halogens is 1. The van der Waals surface area contributed by atoms with Crippen LogP contribution in [0, 0.1) is 6.92 Å². The number of nitrogens with zero attached hydrogens (tertiary/aromatic N) is 3. The topological polar surface area (TPSA) is 59.8 Å². The molecular formula is C12H13BrN4O. The van der Waals surface area contributed by atoms with Crippen molar-refractivity contribution in [2.75, 3.05) is 5.32 Å². The number of anilines is 1. The van der Waals surface area contributed by atoms with E-state index >= 15 is 0 Å². The minimum atomic E-state index is -0.397. The highest BCUT2D eigenvalue weighted by atomic mass is 79.9. The maximum atomic E-state index is 12.1. The molecule has 0 saturated carbocycles. The second kappa shape index (κ2) is 5.30. The fraction of sp³-hybridized carbons (Fsp3) is 0.250. The zero-order valence-corrected chi connectivity index (χ0v) is 11.7. The predicted octanol–water partition coefficient (Wildman–Crippen LogP) is 2.55. The molecule has 2 rings (SSSR count). The van der Waals surface area contributed by atoms with Crippen molar-refractivity contribution in [1.82, 2.24) is 14.8 Å². The summed E-state index contributed by atoms with van der Waals surface area (Å²) in [4.78, 5) is 15.9. The van der Waals surface area contributed by atoms with Gasteiger partial charge in [-0.25, -0.2) is 9.67 Å². The van der Waals surface area contributed by atoms with Crippen LogP contribution in [0.5, 0.6) is 0 Å². The van der Waals surface area contributed by atoms with Crippen LogP contribution >= 0.6 is 15.9 Å². The number of amides is 1. The normalized spacial score (nSPS) is 12.2. The fourth-order valence-corrected chi connectivity index (χ4v) is 1.88. The summed E-state index contributed by atoms with van der Waals surface area (Å²) in [7, 11) is 0. The molecule has 1 aromatic heterocycles. The van der Waals surface area contributed by atoms with Gasteiger partial charge in [-0.15, -0.1) is 0 Å². The van der Waals surface area contributed by atoms with Gasteiger partial charge in [0.25, 0.3) is 0 Å². The van der Waals surface area contributed by atoms with Crippen LogP contribution in [0.25, 0.3) is 0 Å². The number of nitrogens with one attached hydrogen (secondary N) is 1. The highest BCUT2D eigenvalue weighted by Gasteiger charge is 2.16. The second-order valence-electron chi connectivity index (χ2n) is 3.95. The zero-order chi connectivity index (χ0) is 13.1. The molecule has 0 fully saturated rings. The number of aromatic nitrogens is 3. The van der Waals surface area contributed by atoms with Crippen molar-refractivity contribution in [2.24, 2.45) is 0 Å². The summed E-state index contributed by atoms with van der Waals surface area (Å²) in [6, 6.07) is 5.29. The van der Waals surface area contributed by atoms with E-state index in [0.29, 0.717) is 0 Å². The summed E-state index contributed by atoms with van der Waals surface area (Å²) in [5.74, 6) is -0.123. The molecule has 1 heterocycles. The maximum Gasteiger partial charge on any atom is 0.249 e. The Bertz CT molecular complexity index is 553. The zero-order valence-electron chi connectivity index (χ0n) is 10.1. The molecule has 18 heavy (non-hydrogen) atoms. The average molecular weight is 309 g/mol. The van der Waals surface area contributed by atoms with Gasteiger partial charge in [-0.3, -0.25) is 4.79 Å². The van der Waals surface area contributed by atoms with Crippen LogP contribution in [0.1, 0.15) is 18.5 Å². The summed E-state index contributed by atoms with van der Waals surface area (Å²) in [6.45, 7) is 3.72. The molecule has 0 bridgehead atoms. The molecule has 6 heteroatoms. The molecule has 94 valence electrons. The largest absolute Gasteiger partial charge is 0.324 e. The quantitative estimate of drug-likeness (QED) is 0.948. The summed E-state index contributed by atoms with van der Waals surface area (Å²) < 4.78 is 2.48. The lowest BCUT2D eigenvalue weighted by Gasteiger charge is -2.14. The molecule has 5 nitrogen and oxygen atoms in total. The monoisotopic (exact) mass is 308 g/mol. The molecule has 1 unspecified atom stereocenters. The molecule has 0 aliphatic heterocycles. The summed E-state index contributed by atoms with van der Waals surface area (Å²) in [6.07, 6.45) is 2.94. The summed E-state index contributed by atoms with van der Waals surface area (Å²) in [5.41, 5.74) is 1.79. The van der Waals surface area contributed by atoms with Crippen LogP contribution < -0.4 is 5.32 Å². The van der Waals surface area contributed by atoms with Crippen LogP contribution in [0.4, 0.5) is 5.69 Å². The number of benzene rings is 1. The molecular weight excluding hydrogens is 296 g/mol. The highest BCUT2D eigenvalue weighted by molar-refractivity contribution is 9.10. The second-order valence-corrected chi connectivity index (χ2v) is 4.81. The Balaban J connectivity index is 2.14. The third-order valence-corrected chi connectivity index (χ3v) is 3.60. The molecule has 2 aromatic rings. The van der Waals surface area contributed by atoms with Crippen molar-refractivity contribution in [1.29, 1.82) is 0 Å². The van der Waals surface area contributed by atoms with Crippen molar-refractivity contribution in [3.05, 3.63) is 40.9 Å². The van der Waals surface area contributed by atoms with Gasteiger partial charge in [0, 0.05) is 10.2 Å². The van der Waals surface area contributed by atoms with Gasteiger partial charge in [0.15, 0.2) is 0 Å². The number of carbonyl (C=O) groups excluding carboxylic acids is 1. The van der Waals surface area contributed by atoms with Crippen molar-refractivity contribution in [2.45, 2.75) is 19.9 Å². The molecule has 0 aliphatic rings. The van der Waals surface area contributed by atoms with Gasteiger partial charge in [0.2, 0.25) is 5.91 Å². The van der Waals surface area contributed by atoms with Gasteiger partial charge in [-0.1, -0.05) is 22.0 Å². The first-order chi connectivity index (χ1) is 8.59. The van der Waals surface area contributed by atoms with Crippen molar-refractivity contribution < 1.29 is 4.79 Å². The van der Waals surface area contributed by atoms with E-state index in [1.54, 1.807) is 6.92 Å². The van der Waals surface area contributed by atoms with Crippen LogP contribution in [0.15, 0.2) is 35.3 Å². The van der Waals surface area contributed by atoms with Gasteiger partial charge in [-0.2, -0.15) is 5.10 Å². The molecule has 1 N–H and O–H groups in total. The van der Waals surface area contributed by atoms with E-state index in [4.69, 9.17) is 0 Å². The van der Waals surface area contributed by atoms with Crippen molar-refractivity contribution in [3.8, 4) is 0 Å². The Morgan fingerprint density at radius 3 is 2.94 bits per heavy atom. The third kappa shape index (κ3) is 2.59. The lowest BCUT2D eigenvalue weighted by atomic mass is 10.2. The first-order valence-corrected chi connectivity index (χ1v) is 6.29. The lowest BCUT2D eigenvalue weighted by molar-refractivity contribution is -0.119. The Morgan fingerprint density at radius 1 is 1.50 bits per heavy atom. The molecule has 1 atom stereocenters. The van der Waals surface area contributed by atoms with E-state index < -0.39 is 6.04 Å².